The van der Waals surface area contributed by atoms with E-state index in [1.807, 2.05) is 24.3 Å². The summed E-state index contributed by atoms with van der Waals surface area (Å²) < 4.78 is 0. The second-order valence-corrected chi connectivity index (χ2v) is 6.86. The van der Waals surface area contributed by atoms with Gasteiger partial charge in [-0.25, -0.2) is 0 Å². The van der Waals surface area contributed by atoms with Gasteiger partial charge in [0.2, 0.25) is 5.91 Å². The molecular formula is C17H24N2OS. The van der Waals surface area contributed by atoms with Crippen LogP contribution >= 0.6 is 12.2 Å². The fourth-order valence-corrected chi connectivity index (χ4v) is 3.45. The van der Waals surface area contributed by atoms with Crippen molar-refractivity contribution in [1.29, 1.82) is 0 Å². The summed E-state index contributed by atoms with van der Waals surface area (Å²) in [5, 5.41) is 3.18. The number of carbonyl (C=O) groups is 1. The second-order valence-electron chi connectivity index (χ2n) is 6.42. The first-order valence-corrected chi connectivity index (χ1v) is 8.03. The van der Waals surface area contributed by atoms with Gasteiger partial charge in [0, 0.05) is 11.6 Å². The Morgan fingerprint density at radius 2 is 1.76 bits per heavy atom. The van der Waals surface area contributed by atoms with Crippen molar-refractivity contribution in [3.8, 4) is 0 Å². The maximum atomic E-state index is 12.2. The number of hydrogen-bond acceptors (Lipinski definition) is 2. The molecule has 0 aliphatic heterocycles. The van der Waals surface area contributed by atoms with Crippen LogP contribution in [0.2, 0.25) is 0 Å². The Morgan fingerprint density at radius 3 is 2.29 bits per heavy atom. The van der Waals surface area contributed by atoms with Crippen LogP contribution in [0.25, 0.3) is 0 Å². The van der Waals surface area contributed by atoms with Crippen molar-refractivity contribution < 1.29 is 4.79 Å². The van der Waals surface area contributed by atoms with Gasteiger partial charge in [-0.2, -0.15) is 0 Å². The minimum Gasteiger partial charge on any atom is -0.389 e. The summed E-state index contributed by atoms with van der Waals surface area (Å²) in [6.07, 6.45) is 3.87. The third kappa shape index (κ3) is 4.81. The van der Waals surface area contributed by atoms with E-state index in [1.165, 1.54) is 6.42 Å². The predicted octanol–water partition coefficient (Wildman–Crippen LogP) is 2.80. The van der Waals surface area contributed by atoms with E-state index in [4.69, 9.17) is 18.0 Å². The van der Waals surface area contributed by atoms with E-state index in [0.29, 0.717) is 29.3 Å². The number of benzene rings is 1. The molecule has 21 heavy (non-hydrogen) atoms. The lowest BCUT2D eigenvalue weighted by atomic mass is 9.80. The number of carbonyl (C=O) groups excluding carboxylic acids is 1. The highest BCUT2D eigenvalue weighted by Gasteiger charge is 2.24. The number of nitrogens with two attached hydrogens (primary N) is 1. The average Bonchev–Trinajstić information content (AvgIpc) is 2.37. The molecule has 0 saturated heterocycles. The van der Waals surface area contributed by atoms with Crippen LogP contribution in [0.3, 0.4) is 0 Å². The Morgan fingerprint density at radius 1 is 1.19 bits per heavy atom. The number of rotatable bonds is 4. The zero-order chi connectivity index (χ0) is 15.4. The van der Waals surface area contributed by atoms with Crippen molar-refractivity contribution in [2.75, 3.05) is 0 Å². The molecule has 4 heteroatoms. The van der Waals surface area contributed by atoms with E-state index in [-0.39, 0.29) is 5.91 Å². The van der Waals surface area contributed by atoms with Crippen LogP contribution < -0.4 is 11.1 Å². The van der Waals surface area contributed by atoms with Gasteiger partial charge in [-0.3, -0.25) is 4.79 Å². The molecule has 2 unspecified atom stereocenters. The summed E-state index contributed by atoms with van der Waals surface area (Å²) in [6.45, 7) is 4.53. The Bertz CT molecular complexity index is 502. The zero-order valence-corrected chi connectivity index (χ0v) is 13.6. The third-order valence-corrected chi connectivity index (χ3v) is 4.38. The van der Waals surface area contributed by atoms with Gasteiger partial charge in [0.05, 0.1) is 6.42 Å². The van der Waals surface area contributed by atoms with Crippen LogP contribution in [0, 0.1) is 11.8 Å². The van der Waals surface area contributed by atoms with Crippen LogP contribution in [-0.2, 0) is 11.2 Å². The van der Waals surface area contributed by atoms with Crippen molar-refractivity contribution in [2.45, 2.75) is 45.6 Å². The molecule has 3 nitrogen and oxygen atoms in total. The normalized spacial score (nSPS) is 25.3. The predicted molar refractivity (Wildman–Crippen MR) is 90.1 cm³/mol. The molecule has 0 aromatic heterocycles. The Labute approximate surface area is 132 Å². The van der Waals surface area contributed by atoms with Gasteiger partial charge >= 0.3 is 0 Å². The number of thiocarbonyl (C=S) groups is 1. The molecule has 0 bridgehead atoms. The molecule has 0 radical (unpaired) electrons. The summed E-state index contributed by atoms with van der Waals surface area (Å²) >= 11 is 4.92. The standard InChI is InChI=1S/C17H24N2OS/c1-11-7-12(2)9-15(8-11)19-16(20)10-13-3-5-14(6-4-13)17(18)21/h3-6,11-12,15H,7-10H2,1-2H3,(H2,18,21)(H,19,20). The van der Waals surface area contributed by atoms with Gasteiger partial charge in [0.15, 0.2) is 0 Å². The largest absolute Gasteiger partial charge is 0.389 e. The maximum absolute atomic E-state index is 12.2. The maximum Gasteiger partial charge on any atom is 0.224 e. The first-order chi connectivity index (χ1) is 9.94. The molecule has 2 rings (SSSR count). The van der Waals surface area contributed by atoms with Crippen LogP contribution in [0.5, 0.6) is 0 Å². The van der Waals surface area contributed by atoms with Crippen LogP contribution in [0.1, 0.15) is 44.2 Å². The highest BCUT2D eigenvalue weighted by atomic mass is 32.1. The highest BCUT2D eigenvalue weighted by molar-refractivity contribution is 7.80. The fourth-order valence-electron chi connectivity index (χ4n) is 3.32. The average molecular weight is 304 g/mol. The third-order valence-electron chi connectivity index (χ3n) is 4.15. The molecule has 1 saturated carbocycles. The van der Waals surface area contributed by atoms with Crippen LogP contribution in [-0.4, -0.2) is 16.9 Å². The van der Waals surface area contributed by atoms with E-state index in [1.54, 1.807) is 0 Å². The number of hydrogen-bond donors (Lipinski definition) is 2. The lowest BCUT2D eigenvalue weighted by molar-refractivity contribution is -0.121. The Hall–Kier alpha value is -1.42. The monoisotopic (exact) mass is 304 g/mol. The summed E-state index contributed by atoms with van der Waals surface area (Å²) in [6, 6.07) is 7.90. The fraction of sp³-hybridized carbons (Fsp3) is 0.529. The molecule has 114 valence electrons. The van der Waals surface area contributed by atoms with Gasteiger partial charge in [0.25, 0.3) is 0 Å². The van der Waals surface area contributed by atoms with Crippen LogP contribution in [0.4, 0.5) is 0 Å². The van der Waals surface area contributed by atoms with Crippen molar-refractivity contribution in [1.82, 2.24) is 5.32 Å². The molecule has 0 spiro atoms. The van der Waals surface area contributed by atoms with Crippen molar-refractivity contribution in [3.05, 3.63) is 35.4 Å². The number of amides is 1. The molecule has 0 heterocycles. The quantitative estimate of drug-likeness (QED) is 0.841. The SMILES string of the molecule is CC1CC(C)CC(NC(=O)Cc2ccc(C(N)=S)cc2)C1. The number of nitrogens with one attached hydrogen (secondary N) is 1. The van der Waals surface area contributed by atoms with Gasteiger partial charge in [-0.15, -0.1) is 0 Å². The lowest BCUT2D eigenvalue weighted by Crippen LogP contribution is -2.40. The van der Waals surface area contributed by atoms with Gasteiger partial charge in [-0.05, 0) is 36.7 Å². The molecule has 1 fully saturated rings. The van der Waals surface area contributed by atoms with E-state index in [9.17, 15) is 4.79 Å². The molecule has 2 atom stereocenters. The Kier molecular flexibility index (Phi) is 5.34. The van der Waals surface area contributed by atoms with Crippen LogP contribution in [0.15, 0.2) is 24.3 Å². The molecule has 3 N–H and O–H groups in total. The van der Waals surface area contributed by atoms with Crippen molar-refractivity contribution in [2.24, 2.45) is 17.6 Å². The van der Waals surface area contributed by atoms with Gasteiger partial charge in [-0.1, -0.05) is 50.3 Å². The highest BCUT2D eigenvalue weighted by Crippen LogP contribution is 2.28. The summed E-state index contributed by atoms with van der Waals surface area (Å²) in [5.41, 5.74) is 7.39. The molecule has 1 aromatic rings. The minimum atomic E-state index is 0.101. The zero-order valence-electron chi connectivity index (χ0n) is 12.8. The summed E-state index contributed by atoms with van der Waals surface area (Å²) in [5.74, 6) is 1.50. The second kappa shape index (κ2) is 7.03. The topological polar surface area (TPSA) is 55.1 Å². The van der Waals surface area contributed by atoms with E-state index in [0.717, 1.165) is 24.0 Å². The molecule has 1 aliphatic carbocycles. The van der Waals surface area contributed by atoms with Gasteiger partial charge < -0.3 is 11.1 Å². The van der Waals surface area contributed by atoms with Crippen molar-refractivity contribution in [3.63, 3.8) is 0 Å². The molecular weight excluding hydrogens is 280 g/mol. The Balaban J connectivity index is 1.88. The van der Waals surface area contributed by atoms with Gasteiger partial charge in [0.1, 0.15) is 4.99 Å². The molecule has 1 amide bonds. The summed E-state index contributed by atoms with van der Waals surface area (Å²) in [7, 11) is 0. The molecule has 1 aromatic carbocycles. The lowest BCUT2D eigenvalue weighted by Gasteiger charge is -2.32. The minimum absolute atomic E-state index is 0.101. The first kappa shape index (κ1) is 16.0. The molecule has 1 aliphatic rings. The summed E-state index contributed by atoms with van der Waals surface area (Å²) in [4.78, 5) is 12.5. The van der Waals surface area contributed by atoms with E-state index >= 15 is 0 Å². The van der Waals surface area contributed by atoms with E-state index < -0.39 is 0 Å². The van der Waals surface area contributed by atoms with Crippen molar-refractivity contribution >= 4 is 23.1 Å². The van der Waals surface area contributed by atoms with E-state index in [2.05, 4.69) is 19.2 Å². The smallest absolute Gasteiger partial charge is 0.224 e. The first-order valence-electron chi connectivity index (χ1n) is 7.62.